The molecule has 2 aromatic heterocycles. The minimum atomic E-state index is -4.39. The van der Waals surface area contributed by atoms with Gasteiger partial charge in [-0.25, -0.2) is 9.97 Å². The number of anilines is 2. The highest BCUT2D eigenvalue weighted by molar-refractivity contribution is 6.03. The van der Waals surface area contributed by atoms with Gasteiger partial charge in [0.1, 0.15) is 23.2 Å². The maximum Gasteiger partial charge on any atom is 0.433 e. The molecule has 0 aromatic carbocycles. The van der Waals surface area contributed by atoms with Crippen LogP contribution in [0.5, 0.6) is 0 Å². The van der Waals surface area contributed by atoms with Crippen LogP contribution >= 0.6 is 0 Å². The number of amides is 1. The molecule has 3 heterocycles. The van der Waals surface area contributed by atoms with E-state index < -0.39 is 11.9 Å². The van der Waals surface area contributed by atoms with Crippen molar-refractivity contribution in [2.75, 3.05) is 17.3 Å². The molecular formula is C22H29F3N6O. The number of alkyl halides is 3. The maximum atomic E-state index is 13.2. The van der Waals surface area contributed by atoms with Crippen LogP contribution in [0, 0.1) is 31.6 Å². The summed E-state index contributed by atoms with van der Waals surface area (Å²) in [5.74, 6) is 2.00. The van der Waals surface area contributed by atoms with E-state index in [2.05, 4.69) is 15.4 Å². The smallest absolute Gasteiger partial charge is 0.346 e. The summed E-state index contributed by atoms with van der Waals surface area (Å²) < 4.78 is 40.7. The summed E-state index contributed by atoms with van der Waals surface area (Å²) in [5.41, 5.74) is 1.07. The second-order valence-electron chi connectivity index (χ2n) is 9.47. The number of halogens is 3. The van der Waals surface area contributed by atoms with Crippen molar-refractivity contribution in [3.63, 3.8) is 0 Å². The van der Waals surface area contributed by atoms with Crippen LogP contribution in [-0.4, -0.2) is 38.7 Å². The first-order chi connectivity index (χ1) is 14.9. The van der Waals surface area contributed by atoms with E-state index in [0.717, 1.165) is 35.1 Å². The van der Waals surface area contributed by atoms with Gasteiger partial charge in [-0.05, 0) is 50.5 Å². The number of carbonyl (C=O) groups is 1. The molecule has 7 nitrogen and oxygen atoms in total. The van der Waals surface area contributed by atoms with Gasteiger partial charge in [-0.15, -0.1) is 0 Å². The molecule has 2 aromatic rings. The number of fused-ring (bicyclic) bond motifs is 1. The molecule has 1 aliphatic heterocycles. The van der Waals surface area contributed by atoms with Crippen molar-refractivity contribution in [3.05, 3.63) is 29.0 Å². The molecule has 0 spiro atoms. The molecule has 1 aliphatic carbocycles. The normalized spacial score (nSPS) is 23.2. The number of nitrogens with zero attached hydrogens (tertiary/aromatic N) is 5. The molecule has 0 bridgehead atoms. The molecule has 0 radical (unpaired) electrons. The summed E-state index contributed by atoms with van der Waals surface area (Å²) in [5, 5.41) is 6.98. The number of likely N-dealkylation sites (N-methyl/N-ethyl adjacent to an activating group) is 1. The van der Waals surface area contributed by atoms with Gasteiger partial charge in [-0.1, -0.05) is 13.8 Å². The molecule has 0 saturated heterocycles. The molecule has 10 heteroatoms. The van der Waals surface area contributed by atoms with Gasteiger partial charge in [-0.2, -0.15) is 18.3 Å². The number of nitrogens with one attached hydrogen (secondary N) is 1. The van der Waals surface area contributed by atoms with E-state index in [9.17, 15) is 18.0 Å². The van der Waals surface area contributed by atoms with Gasteiger partial charge in [0.15, 0.2) is 5.82 Å². The Balaban J connectivity index is 1.42. The molecule has 0 unspecified atom stereocenters. The van der Waals surface area contributed by atoms with Gasteiger partial charge in [-0.3, -0.25) is 9.48 Å². The summed E-state index contributed by atoms with van der Waals surface area (Å²) in [6, 6.07) is 0.803. The third kappa shape index (κ3) is 4.19. The first kappa shape index (κ1) is 22.5. The molecule has 1 amide bonds. The molecule has 2 aliphatic rings. The Hall–Kier alpha value is -2.65. The summed E-state index contributed by atoms with van der Waals surface area (Å²) in [4.78, 5) is 23.7. The molecular weight excluding hydrogens is 421 g/mol. The highest BCUT2D eigenvalue weighted by Gasteiger charge is 2.39. The lowest BCUT2D eigenvalue weighted by Crippen LogP contribution is -2.49. The van der Waals surface area contributed by atoms with E-state index in [-0.39, 0.29) is 30.3 Å². The molecule has 1 atom stereocenters. The average molecular weight is 451 g/mol. The Morgan fingerprint density at radius 2 is 1.88 bits per heavy atom. The van der Waals surface area contributed by atoms with Gasteiger partial charge in [0.05, 0.1) is 11.4 Å². The topological polar surface area (TPSA) is 75.9 Å². The van der Waals surface area contributed by atoms with Crippen LogP contribution in [0.4, 0.5) is 24.7 Å². The zero-order chi connectivity index (χ0) is 23.4. The van der Waals surface area contributed by atoms with Gasteiger partial charge >= 0.3 is 6.18 Å². The Kier molecular flexibility index (Phi) is 5.67. The molecule has 1 fully saturated rings. The third-order valence-corrected chi connectivity index (χ3v) is 6.45. The number of aromatic nitrogens is 4. The number of hydrogen-bond donors (Lipinski definition) is 1. The second-order valence-corrected chi connectivity index (χ2v) is 9.47. The molecule has 32 heavy (non-hydrogen) atoms. The highest BCUT2D eigenvalue weighted by Crippen LogP contribution is 2.39. The minimum absolute atomic E-state index is 0.0524. The van der Waals surface area contributed by atoms with Crippen molar-refractivity contribution >= 4 is 17.4 Å². The first-order valence-corrected chi connectivity index (χ1v) is 11.0. The minimum Gasteiger partial charge on any atom is -0.346 e. The molecule has 174 valence electrons. The third-order valence-electron chi connectivity index (χ3n) is 6.45. The fourth-order valence-corrected chi connectivity index (χ4v) is 4.97. The maximum absolute atomic E-state index is 13.2. The largest absolute Gasteiger partial charge is 0.433 e. The average Bonchev–Trinajstić information content (AvgIpc) is 3.01. The zero-order valence-corrected chi connectivity index (χ0v) is 19.0. The van der Waals surface area contributed by atoms with Crippen LogP contribution < -0.4 is 10.2 Å². The van der Waals surface area contributed by atoms with E-state index in [1.807, 2.05) is 32.7 Å². The number of rotatable bonds is 5. The lowest BCUT2D eigenvalue weighted by molar-refractivity contribution is -0.144. The molecule has 4 rings (SSSR count). The van der Waals surface area contributed by atoms with Crippen LogP contribution in [0.3, 0.4) is 0 Å². The predicted octanol–water partition coefficient (Wildman–Crippen LogP) is 3.99. The monoisotopic (exact) mass is 450 g/mol. The van der Waals surface area contributed by atoms with Crippen LogP contribution in [0.2, 0.25) is 0 Å². The SMILES string of the molecule is Cc1cc(C(F)(F)F)n(CC2CC(Cc3nc(C)c4c(n3)N(C)[C@@H](C(C)C)C(=O)N4)C2)n1. The van der Waals surface area contributed by atoms with E-state index in [0.29, 0.717) is 29.5 Å². The van der Waals surface area contributed by atoms with Crippen LogP contribution in [0.15, 0.2) is 6.07 Å². The Labute approximate surface area is 185 Å². The van der Waals surface area contributed by atoms with Crippen molar-refractivity contribution in [2.45, 2.75) is 65.7 Å². The van der Waals surface area contributed by atoms with Crippen molar-refractivity contribution in [1.29, 1.82) is 0 Å². The fourth-order valence-electron chi connectivity index (χ4n) is 4.97. The zero-order valence-electron chi connectivity index (χ0n) is 19.0. The van der Waals surface area contributed by atoms with Gasteiger partial charge < -0.3 is 10.2 Å². The van der Waals surface area contributed by atoms with E-state index in [4.69, 9.17) is 4.98 Å². The predicted molar refractivity (Wildman–Crippen MR) is 114 cm³/mol. The molecule has 1 N–H and O–H groups in total. The van der Waals surface area contributed by atoms with E-state index in [1.165, 1.54) is 0 Å². The van der Waals surface area contributed by atoms with Gasteiger partial charge in [0.25, 0.3) is 0 Å². The quantitative estimate of drug-likeness (QED) is 0.746. The number of carbonyl (C=O) groups excluding carboxylic acids is 1. The summed E-state index contributed by atoms with van der Waals surface area (Å²) >= 11 is 0. The van der Waals surface area contributed by atoms with Crippen molar-refractivity contribution in [1.82, 2.24) is 19.7 Å². The summed E-state index contributed by atoms with van der Waals surface area (Å²) in [7, 11) is 1.88. The van der Waals surface area contributed by atoms with Gasteiger partial charge in [0, 0.05) is 20.0 Å². The highest BCUT2D eigenvalue weighted by atomic mass is 19.4. The number of hydrogen-bond acceptors (Lipinski definition) is 5. The fraction of sp³-hybridized carbons (Fsp3) is 0.636. The van der Waals surface area contributed by atoms with E-state index in [1.54, 1.807) is 6.92 Å². The van der Waals surface area contributed by atoms with E-state index >= 15 is 0 Å². The van der Waals surface area contributed by atoms with Crippen LogP contribution in [-0.2, 0) is 23.9 Å². The molecule has 1 saturated carbocycles. The van der Waals surface area contributed by atoms with Crippen molar-refractivity contribution in [3.8, 4) is 0 Å². The second kappa shape index (κ2) is 8.04. The Bertz CT molecular complexity index is 1030. The standard InChI is InChI=1S/C22H29F3N6O/c1-11(2)19-21(32)28-18-13(4)26-17(27-20(18)30(19)5)9-14-7-15(8-14)10-31-16(22(23,24)25)6-12(3)29-31/h6,11,14-15,19H,7-10H2,1-5H3,(H,28,32)/t14?,15?,19-/m0/s1. The Morgan fingerprint density at radius 1 is 1.19 bits per heavy atom. The summed E-state index contributed by atoms with van der Waals surface area (Å²) in [6.45, 7) is 7.71. The number of aryl methyl sites for hydroxylation is 2. The van der Waals surface area contributed by atoms with Gasteiger partial charge in [0.2, 0.25) is 5.91 Å². The lowest BCUT2D eigenvalue weighted by atomic mass is 9.73. The van der Waals surface area contributed by atoms with Crippen molar-refractivity contribution in [2.24, 2.45) is 17.8 Å². The van der Waals surface area contributed by atoms with Crippen LogP contribution in [0.25, 0.3) is 0 Å². The van der Waals surface area contributed by atoms with Crippen molar-refractivity contribution < 1.29 is 18.0 Å². The first-order valence-electron chi connectivity index (χ1n) is 11.0. The summed E-state index contributed by atoms with van der Waals surface area (Å²) in [6.07, 6.45) is -2.09. The van der Waals surface area contributed by atoms with Crippen LogP contribution in [0.1, 0.15) is 49.6 Å². The Morgan fingerprint density at radius 3 is 2.50 bits per heavy atom. The lowest BCUT2D eigenvalue weighted by Gasteiger charge is -2.38.